The maximum absolute atomic E-state index is 12.9. The third-order valence-corrected chi connectivity index (χ3v) is 3.77. The van der Waals surface area contributed by atoms with E-state index in [0.717, 1.165) is 11.3 Å². The molecule has 25 heavy (non-hydrogen) atoms. The van der Waals surface area contributed by atoms with Crippen molar-refractivity contribution in [1.29, 1.82) is 0 Å². The molecule has 4 N–H and O–H groups in total. The molecular formula is C20H18FN3O. The number of nitrogen functional groups attached to an aromatic ring is 1. The van der Waals surface area contributed by atoms with Crippen molar-refractivity contribution in [2.24, 2.45) is 0 Å². The zero-order valence-corrected chi connectivity index (χ0v) is 13.5. The highest BCUT2D eigenvalue weighted by atomic mass is 19.1. The molecule has 0 spiro atoms. The Morgan fingerprint density at radius 3 is 2.28 bits per heavy atom. The Kier molecular flexibility index (Phi) is 4.95. The molecule has 0 aliphatic heterocycles. The van der Waals surface area contributed by atoms with Crippen LogP contribution in [-0.2, 0) is 6.54 Å². The van der Waals surface area contributed by atoms with Gasteiger partial charge in [-0.3, -0.25) is 4.79 Å². The molecule has 4 nitrogen and oxygen atoms in total. The summed E-state index contributed by atoms with van der Waals surface area (Å²) in [4.78, 5) is 12.3. The van der Waals surface area contributed by atoms with Crippen LogP contribution < -0.4 is 16.4 Å². The van der Waals surface area contributed by atoms with Gasteiger partial charge in [0.15, 0.2) is 0 Å². The lowest BCUT2D eigenvalue weighted by atomic mass is 10.1. The van der Waals surface area contributed by atoms with Crippen molar-refractivity contribution in [3.8, 4) is 0 Å². The van der Waals surface area contributed by atoms with Crippen molar-refractivity contribution in [2.75, 3.05) is 16.4 Å². The number of amides is 1. The summed E-state index contributed by atoms with van der Waals surface area (Å²) in [6.45, 7) is 0.583. The van der Waals surface area contributed by atoms with E-state index in [1.54, 1.807) is 36.4 Å². The third kappa shape index (κ3) is 4.35. The second kappa shape index (κ2) is 7.49. The predicted molar refractivity (Wildman–Crippen MR) is 99.0 cm³/mol. The fraction of sp³-hybridized carbons (Fsp3) is 0.0500. The van der Waals surface area contributed by atoms with Gasteiger partial charge in [0, 0.05) is 17.8 Å². The van der Waals surface area contributed by atoms with Crippen molar-refractivity contribution < 1.29 is 9.18 Å². The molecule has 5 heteroatoms. The van der Waals surface area contributed by atoms with Gasteiger partial charge in [-0.1, -0.05) is 24.3 Å². The molecule has 0 unspecified atom stereocenters. The number of para-hydroxylation sites is 2. The SMILES string of the molecule is Nc1ccccc1NC(=O)c1ccc(CNc2ccc(F)cc2)cc1. The number of hydrogen-bond donors (Lipinski definition) is 3. The zero-order chi connectivity index (χ0) is 17.6. The van der Waals surface area contributed by atoms with Crippen LogP contribution in [0.15, 0.2) is 72.8 Å². The van der Waals surface area contributed by atoms with Crippen LogP contribution in [0.3, 0.4) is 0 Å². The normalized spacial score (nSPS) is 10.3. The van der Waals surface area contributed by atoms with Gasteiger partial charge in [0.05, 0.1) is 11.4 Å². The number of carbonyl (C=O) groups is 1. The van der Waals surface area contributed by atoms with Gasteiger partial charge >= 0.3 is 0 Å². The van der Waals surface area contributed by atoms with E-state index in [2.05, 4.69) is 10.6 Å². The number of carbonyl (C=O) groups excluding carboxylic acids is 1. The molecule has 3 rings (SSSR count). The van der Waals surface area contributed by atoms with Crippen LogP contribution in [0, 0.1) is 5.82 Å². The Morgan fingerprint density at radius 2 is 1.60 bits per heavy atom. The van der Waals surface area contributed by atoms with Gasteiger partial charge in [0.1, 0.15) is 5.82 Å². The minimum atomic E-state index is -0.264. The second-order valence-corrected chi connectivity index (χ2v) is 5.60. The summed E-state index contributed by atoms with van der Waals surface area (Å²) < 4.78 is 12.9. The first kappa shape index (κ1) is 16.5. The molecule has 0 aliphatic carbocycles. The van der Waals surface area contributed by atoms with E-state index in [9.17, 15) is 9.18 Å². The predicted octanol–water partition coefficient (Wildman–Crippen LogP) is 4.27. The number of benzene rings is 3. The average molecular weight is 335 g/mol. The summed E-state index contributed by atoms with van der Waals surface area (Å²) in [6, 6.07) is 20.6. The fourth-order valence-electron chi connectivity index (χ4n) is 2.35. The van der Waals surface area contributed by atoms with Gasteiger partial charge in [-0.25, -0.2) is 4.39 Å². The lowest BCUT2D eigenvalue weighted by molar-refractivity contribution is 0.102. The zero-order valence-electron chi connectivity index (χ0n) is 13.5. The molecular weight excluding hydrogens is 317 g/mol. The number of nitrogens with one attached hydrogen (secondary N) is 2. The van der Waals surface area contributed by atoms with E-state index < -0.39 is 0 Å². The lowest BCUT2D eigenvalue weighted by Gasteiger charge is -2.09. The first-order valence-corrected chi connectivity index (χ1v) is 7.86. The molecule has 0 heterocycles. The largest absolute Gasteiger partial charge is 0.397 e. The summed E-state index contributed by atoms with van der Waals surface area (Å²) in [6.07, 6.45) is 0. The van der Waals surface area contributed by atoms with Crippen LogP contribution in [0.4, 0.5) is 21.5 Å². The molecule has 0 atom stereocenters. The van der Waals surface area contributed by atoms with Crippen LogP contribution in [0.2, 0.25) is 0 Å². The van der Waals surface area contributed by atoms with E-state index >= 15 is 0 Å². The first-order valence-electron chi connectivity index (χ1n) is 7.86. The number of rotatable bonds is 5. The maximum atomic E-state index is 12.9. The summed E-state index contributed by atoms with van der Waals surface area (Å²) in [5.41, 5.74) is 9.34. The molecule has 126 valence electrons. The van der Waals surface area contributed by atoms with Gasteiger partial charge < -0.3 is 16.4 Å². The summed E-state index contributed by atoms with van der Waals surface area (Å²) in [5, 5.41) is 5.99. The van der Waals surface area contributed by atoms with Gasteiger partial charge in [-0.15, -0.1) is 0 Å². The Morgan fingerprint density at radius 1 is 0.920 bits per heavy atom. The van der Waals surface area contributed by atoms with Crippen LogP contribution in [0.1, 0.15) is 15.9 Å². The van der Waals surface area contributed by atoms with Gasteiger partial charge in [0.25, 0.3) is 5.91 Å². The molecule has 0 aromatic heterocycles. The molecule has 0 bridgehead atoms. The average Bonchev–Trinajstić information content (AvgIpc) is 2.63. The highest BCUT2D eigenvalue weighted by molar-refractivity contribution is 6.05. The molecule has 1 amide bonds. The standard InChI is InChI=1S/C20H18FN3O/c21-16-9-11-17(12-10-16)23-13-14-5-7-15(8-6-14)20(25)24-19-4-2-1-3-18(19)22/h1-12,23H,13,22H2,(H,24,25). The van der Waals surface area contributed by atoms with Crippen LogP contribution >= 0.6 is 0 Å². The van der Waals surface area contributed by atoms with E-state index in [0.29, 0.717) is 23.5 Å². The van der Waals surface area contributed by atoms with Crippen molar-refractivity contribution in [3.05, 3.63) is 89.7 Å². The number of nitrogens with two attached hydrogens (primary N) is 1. The van der Waals surface area contributed by atoms with Gasteiger partial charge in [-0.2, -0.15) is 0 Å². The van der Waals surface area contributed by atoms with Gasteiger partial charge in [0.2, 0.25) is 0 Å². The van der Waals surface area contributed by atoms with E-state index in [1.165, 1.54) is 12.1 Å². The van der Waals surface area contributed by atoms with Crippen molar-refractivity contribution in [1.82, 2.24) is 0 Å². The molecule has 0 aliphatic rings. The van der Waals surface area contributed by atoms with Crippen molar-refractivity contribution in [3.63, 3.8) is 0 Å². The molecule has 3 aromatic rings. The summed E-state index contributed by atoms with van der Waals surface area (Å²) in [7, 11) is 0. The second-order valence-electron chi connectivity index (χ2n) is 5.60. The minimum Gasteiger partial charge on any atom is -0.397 e. The fourth-order valence-corrected chi connectivity index (χ4v) is 2.35. The Hall–Kier alpha value is -3.34. The molecule has 3 aromatic carbocycles. The molecule has 0 saturated heterocycles. The van der Waals surface area contributed by atoms with Crippen LogP contribution in [0.5, 0.6) is 0 Å². The molecule has 0 saturated carbocycles. The van der Waals surface area contributed by atoms with Crippen LogP contribution in [-0.4, -0.2) is 5.91 Å². The third-order valence-electron chi connectivity index (χ3n) is 3.77. The Labute approximate surface area is 145 Å². The van der Waals surface area contributed by atoms with E-state index in [1.807, 2.05) is 24.3 Å². The number of anilines is 3. The topological polar surface area (TPSA) is 67.1 Å². The first-order chi connectivity index (χ1) is 12.1. The van der Waals surface area contributed by atoms with E-state index in [4.69, 9.17) is 5.73 Å². The highest BCUT2D eigenvalue weighted by Crippen LogP contribution is 2.18. The summed E-state index contributed by atoms with van der Waals surface area (Å²) >= 11 is 0. The quantitative estimate of drug-likeness (QED) is 0.610. The minimum absolute atomic E-state index is 0.212. The maximum Gasteiger partial charge on any atom is 0.255 e. The van der Waals surface area contributed by atoms with Crippen molar-refractivity contribution in [2.45, 2.75) is 6.54 Å². The Bertz CT molecular complexity index is 861. The monoisotopic (exact) mass is 335 g/mol. The van der Waals surface area contributed by atoms with Gasteiger partial charge in [-0.05, 0) is 54.1 Å². The van der Waals surface area contributed by atoms with Crippen molar-refractivity contribution >= 4 is 23.0 Å². The lowest BCUT2D eigenvalue weighted by Crippen LogP contribution is -2.13. The Balaban J connectivity index is 1.60. The molecule has 0 radical (unpaired) electrons. The van der Waals surface area contributed by atoms with Crippen LogP contribution in [0.25, 0.3) is 0 Å². The summed E-state index contributed by atoms with van der Waals surface area (Å²) in [5.74, 6) is -0.476. The smallest absolute Gasteiger partial charge is 0.255 e. The molecule has 0 fully saturated rings. The number of hydrogen-bond acceptors (Lipinski definition) is 3. The number of halogens is 1. The van der Waals surface area contributed by atoms with E-state index in [-0.39, 0.29) is 11.7 Å². The highest BCUT2D eigenvalue weighted by Gasteiger charge is 2.07.